The SMILES string of the molecule is O=C(Cc1c(Cl)cncc1Cl)c1ccc(OC(F)F)c(O[C@H]2CC[C@@H](O)C2)c1. The van der Waals surface area contributed by atoms with E-state index in [-0.39, 0.29) is 45.4 Å². The third-order valence-corrected chi connectivity index (χ3v) is 5.07. The fourth-order valence-electron chi connectivity index (χ4n) is 3.04. The minimum atomic E-state index is -3.03. The molecule has 1 aromatic carbocycles. The lowest BCUT2D eigenvalue weighted by Gasteiger charge is -2.17. The number of carbonyl (C=O) groups is 1. The molecule has 0 bridgehead atoms. The molecule has 1 heterocycles. The second-order valence-electron chi connectivity index (χ2n) is 6.43. The van der Waals surface area contributed by atoms with Crippen molar-refractivity contribution in [3.8, 4) is 11.5 Å². The van der Waals surface area contributed by atoms with Crippen LogP contribution in [-0.2, 0) is 6.42 Å². The van der Waals surface area contributed by atoms with E-state index in [1.165, 1.54) is 30.6 Å². The summed E-state index contributed by atoms with van der Waals surface area (Å²) in [5.74, 6) is -0.472. The van der Waals surface area contributed by atoms with Gasteiger partial charge in [0.05, 0.1) is 16.1 Å². The topological polar surface area (TPSA) is 68.7 Å². The highest BCUT2D eigenvalue weighted by atomic mass is 35.5. The van der Waals surface area contributed by atoms with E-state index < -0.39 is 12.7 Å². The highest BCUT2D eigenvalue weighted by Crippen LogP contribution is 2.34. The summed E-state index contributed by atoms with van der Waals surface area (Å²) in [5.41, 5.74) is 0.664. The van der Waals surface area contributed by atoms with Gasteiger partial charge in [-0.05, 0) is 31.0 Å². The van der Waals surface area contributed by atoms with E-state index in [2.05, 4.69) is 9.72 Å². The molecule has 0 aliphatic heterocycles. The zero-order valence-corrected chi connectivity index (χ0v) is 16.1. The van der Waals surface area contributed by atoms with Gasteiger partial charge in [0.25, 0.3) is 0 Å². The summed E-state index contributed by atoms with van der Waals surface area (Å²) >= 11 is 12.1. The first-order valence-corrected chi connectivity index (χ1v) is 9.33. The van der Waals surface area contributed by atoms with Crippen LogP contribution in [-0.4, -0.2) is 34.7 Å². The van der Waals surface area contributed by atoms with Crippen LogP contribution in [0.5, 0.6) is 11.5 Å². The van der Waals surface area contributed by atoms with Crippen LogP contribution in [0.2, 0.25) is 10.0 Å². The Bertz CT molecular complexity index is 846. The lowest BCUT2D eigenvalue weighted by molar-refractivity contribution is -0.0521. The maximum absolute atomic E-state index is 12.7. The first-order chi connectivity index (χ1) is 13.3. The van der Waals surface area contributed by atoms with Gasteiger partial charge in [0.1, 0.15) is 6.10 Å². The molecule has 2 aromatic rings. The van der Waals surface area contributed by atoms with Crippen molar-refractivity contribution >= 4 is 29.0 Å². The number of nitrogens with zero attached hydrogens (tertiary/aromatic N) is 1. The van der Waals surface area contributed by atoms with Gasteiger partial charge < -0.3 is 14.6 Å². The Kier molecular flexibility index (Phi) is 6.69. The van der Waals surface area contributed by atoms with Crippen molar-refractivity contribution in [1.82, 2.24) is 4.98 Å². The Hall–Kier alpha value is -1.96. The molecule has 1 aliphatic carbocycles. The van der Waals surface area contributed by atoms with Gasteiger partial charge in [0.15, 0.2) is 17.3 Å². The molecule has 1 aliphatic rings. The molecule has 0 radical (unpaired) electrons. The lowest BCUT2D eigenvalue weighted by atomic mass is 10.0. The second kappa shape index (κ2) is 9.03. The van der Waals surface area contributed by atoms with Crippen molar-refractivity contribution in [2.24, 2.45) is 0 Å². The third-order valence-electron chi connectivity index (χ3n) is 4.42. The Morgan fingerprint density at radius 3 is 2.54 bits per heavy atom. The van der Waals surface area contributed by atoms with Gasteiger partial charge in [-0.25, -0.2) is 0 Å². The van der Waals surface area contributed by atoms with Crippen molar-refractivity contribution in [1.29, 1.82) is 0 Å². The zero-order chi connectivity index (χ0) is 20.3. The maximum atomic E-state index is 12.7. The fraction of sp³-hybridized carbons (Fsp3) is 0.368. The molecular weight excluding hydrogens is 415 g/mol. The van der Waals surface area contributed by atoms with Crippen molar-refractivity contribution < 1.29 is 28.2 Å². The van der Waals surface area contributed by atoms with Crippen LogP contribution < -0.4 is 9.47 Å². The molecule has 1 fully saturated rings. The molecular formula is C19H17Cl2F2NO4. The van der Waals surface area contributed by atoms with Gasteiger partial charge in [0, 0.05) is 36.4 Å². The Labute approximate surface area is 170 Å². The first kappa shape index (κ1) is 20.8. The summed E-state index contributed by atoms with van der Waals surface area (Å²) in [7, 11) is 0. The number of alkyl halides is 2. The van der Waals surface area contributed by atoms with Crippen molar-refractivity contribution in [3.05, 3.63) is 51.8 Å². The zero-order valence-electron chi connectivity index (χ0n) is 14.6. The standard InChI is InChI=1S/C19H17Cl2F2NO4/c20-14-8-24-9-15(21)13(14)7-16(26)10-1-4-17(28-19(22)23)18(5-10)27-12-3-2-11(25)6-12/h1,4-5,8-9,11-12,19,25H,2-3,6-7H2/t11-,12+/m1/s1. The monoisotopic (exact) mass is 431 g/mol. The Morgan fingerprint density at radius 1 is 1.21 bits per heavy atom. The van der Waals surface area contributed by atoms with Gasteiger partial charge in [-0.3, -0.25) is 9.78 Å². The van der Waals surface area contributed by atoms with Gasteiger partial charge in [-0.15, -0.1) is 0 Å². The maximum Gasteiger partial charge on any atom is 0.387 e. The fourth-order valence-corrected chi connectivity index (χ4v) is 3.54. The minimum absolute atomic E-state index is 0.0252. The number of hydrogen-bond acceptors (Lipinski definition) is 5. The molecule has 2 atom stereocenters. The average molecular weight is 432 g/mol. The summed E-state index contributed by atoms with van der Waals surface area (Å²) in [5, 5.41) is 10.2. The van der Waals surface area contributed by atoms with Crippen LogP contribution in [0.15, 0.2) is 30.6 Å². The normalized spacial score (nSPS) is 19.1. The highest BCUT2D eigenvalue weighted by molar-refractivity contribution is 6.36. The number of carbonyl (C=O) groups excluding carboxylic acids is 1. The number of hydrogen-bond donors (Lipinski definition) is 1. The van der Waals surface area contributed by atoms with E-state index in [9.17, 15) is 18.7 Å². The molecule has 0 amide bonds. The van der Waals surface area contributed by atoms with E-state index >= 15 is 0 Å². The number of ether oxygens (including phenoxy) is 2. The van der Waals surface area contributed by atoms with Gasteiger partial charge >= 0.3 is 6.61 Å². The minimum Gasteiger partial charge on any atom is -0.486 e. The van der Waals surface area contributed by atoms with Crippen molar-refractivity contribution in [3.63, 3.8) is 0 Å². The molecule has 28 heavy (non-hydrogen) atoms. The number of aliphatic hydroxyl groups excluding tert-OH is 1. The summed E-state index contributed by atoms with van der Waals surface area (Å²) in [6, 6.07) is 3.99. The summed E-state index contributed by atoms with van der Waals surface area (Å²) in [4.78, 5) is 16.5. The molecule has 5 nitrogen and oxygen atoms in total. The molecule has 1 aromatic heterocycles. The average Bonchev–Trinajstić information content (AvgIpc) is 3.04. The van der Waals surface area contributed by atoms with Gasteiger partial charge in [0.2, 0.25) is 0 Å². The van der Waals surface area contributed by atoms with Crippen molar-refractivity contribution in [2.45, 2.75) is 44.5 Å². The molecule has 150 valence electrons. The van der Waals surface area contributed by atoms with Gasteiger partial charge in [-0.2, -0.15) is 8.78 Å². The summed E-state index contributed by atoms with van der Waals surface area (Å²) in [6.45, 7) is -3.03. The van der Waals surface area contributed by atoms with Crippen LogP contribution >= 0.6 is 23.2 Å². The predicted molar refractivity (Wildman–Crippen MR) is 99.6 cm³/mol. The van der Waals surface area contributed by atoms with Crippen LogP contribution in [0.4, 0.5) is 8.78 Å². The molecule has 0 unspecified atom stereocenters. The molecule has 1 saturated carbocycles. The number of benzene rings is 1. The number of halogens is 4. The molecule has 9 heteroatoms. The first-order valence-electron chi connectivity index (χ1n) is 8.58. The largest absolute Gasteiger partial charge is 0.486 e. The van der Waals surface area contributed by atoms with Gasteiger partial charge in [-0.1, -0.05) is 23.2 Å². The smallest absolute Gasteiger partial charge is 0.387 e. The van der Waals surface area contributed by atoms with E-state index in [4.69, 9.17) is 27.9 Å². The number of pyridine rings is 1. The van der Waals surface area contributed by atoms with Crippen LogP contribution in [0.25, 0.3) is 0 Å². The summed E-state index contributed by atoms with van der Waals surface area (Å²) < 4.78 is 35.6. The second-order valence-corrected chi connectivity index (χ2v) is 7.24. The van der Waals surface area contributed by atoms with E-state index in [0.717, 1.165) is 0 Å². The number of Topliss-reactive ketones (excluding diaryl/α,β-unsaturated/α-hetero) is 1. The van der Waals surface area contributed by atoms with E-state index in [1.807, 2.05) is 0 Å². The van der Waals surface area contributed by atoms with Crippen molar-refractivity contribution in [2.75, 3.05) is 0 Å². The predicted octanol–water partition coefficient (Wildman–Crippen LogP) is 4.71. The highest BCUT2D eigenvalue weighted by Gasteiger charge is 2.26. The molecule has 0 saturated heterocycles. The lowest BCUT2D eigenvalue weighted by Crippen LogP contribution is -2.15. The van der Waals surface area contributed by atoms with E-state index in [0.29, 0.717) is 24.8 Å². The number of rotatable bonds is 7. The van der Waals surface area contributed by atoms with Crippen LogP contribution in [0.1, 0.15) is 35.2 Å². The third kappa shape index (κ3) is 5.10. The number of aliphatic hydroxyl groups is 1. The summed E-state index contributed by atoms with van der Waals surface area (Å²) in [6.07, 6.45) is 3.37. The Balaban J connectivity index is 1.84. The number of aromatic nitrogens is 1. The van der Waals surface area contributed by atoms with Crippen LogP contribution in [0, 0.1) is 0 Å². The number of ketones is 1. The molecule has 3 rings (SSSR count). The molecule has 0 spiro atoms. The van der Waals surface area contributed by atoms with E-state index in [1.54, 1.807) is 0 Å². The molecule has 1 N–H and O–H groups in total. The van der Waals surface area contributed by atoms with Crippen LogP contribution in [0.3, 0.4) is 0 Å². The Morgan fingerprint density at radius 2 is 1.93 bits per heavy atom. The quantitative estimate of drug-likeness (QED) is 0.642.